The number of fused-ring (bicyclic) bond motifs is 5. The maximum Gasteiger partial charge on any atom is 0.0577 e. The average molecular weight is 296 g/mol. The van der Waals surface area contributed by atoms with E-state index in [0.717, 1.165) is 30.6 Å². The molecule has 0 heterocycles. The van der Waals surface area contributed by atoms with Crippen molar-refractivity contribution in [1.82, 2.24) is 0 Å². The van der Waals surface area contributed by atoms with Crippen molar-refractivity contribution in [2.45, 2.75) is 64.9 Å². The van der Waals surface area contributed by atoms with Crippen LogP contribution in [0.25, 0.3) is 0 Å². The van der Waals surface area contributed by atoms with E-state index >= 15 is 0 Å². The second-order valence-electron chi connectivity index (χ2n) is 8.61. The van der Waals surface area contributed by atoms with Gasteiger partial charge in [0.25, 0.3) is 0 Å². The van der Waals surface area contributed by atoms with Gasteiger partial charge in [0.05, 0.1) is 6.10 Å². The average Bonchev–Trinajstić information content (AvgIpc) is 2.84. The van der Waals surface area contributed by atoms with Gasteiger partial charge >= 0.3 is 0 Å². The molecule has 4 aliphatic rings. The Hall–Kier alpha value is -1.00. The van der Waals surface area contributed by atoms with Crippen LogP contribution in [-0.4, -0.2) is 11.2 Å². The van der Waals surface area contributed by atoms with Crippen molar-refractivity contribution in [3.63, 3.8) is 0 Å². The smallest absolute Gasteiger partial charge is 0.0577 e. The molecule has 1 N–H and O–H groups in total. The molecule has 2 saturated carbocycles. The second-order valence-corrected chi connectivity index (χ2v) is 8.61. The van der Waals surface area contributed by atoms with Crippen LogP contribution in [0, 0.1) is 40.9 Å². The third kappa shape index (κ3) is 1.77. The van der Waals surface area contributed by atoms with Crippen LogP contribution >= 0.6 is 0 Å². The minimum Gasteiger partial charge on any atom is -0.393 e. The summed E-state index contributed by atoms with van der Waals surface area (Å²) in [5.41, 5.74) is 3.42. The molecule has 0 saturated heterocycles. The lowest BCUT2D eigenvalue weighted by molar-refractivity contribution is -0.0282. The Morgan fingerprint density at radius 3 is 2.64 bits per heavy atom. The van der Waals surface area contributed by atoms with Crippen molar-refractivity contribution in [3.05, 3.63) is 23.3 Å². The number of hydrogen-bond donors (Lipinski definition) is 1. The Balaban J connectivity index is 1.68. The lowest BCUT2D eigenvalue weighted by Crippen LogP contribution is -2.49. The highest BCUT2D eigenvalue weighted by Gasteiger charge is 2.56. The zero-order chi connectivity index (χ0) is 15.5. The molecule has 1 nitrogen and oxygen atoms in total. The van der Waals surface area contributed by atoms with Gasteiger partial charge in [-0.05, 0) is 68.1 Å². The highest BCUT2D eigenvalue weighted by molar-refractivity contribution is 5.39. The van der Waals surface area contributed by atoms with E-state index in [-0.39, 0.29) is 11.5 Å². The van der Waals surface area contributed by atoms with Crippen LogP contribution in [0.5, 0.6) is 0 Å². The SMILES string of the molecule is C#CC1=CCC2C3CC=C4C[C@@H](O)CC[C@]4(C)C3CC[C@]12C. The number of rotatable bonds is 0. The summed E-state index contributed by atoms with van der Waals surface area (Å²) in [6.45, 7) is 4.90. The first-order chi connectivity index (χ1) is 10.5. The van der Waals surface area contributed by atoms with E-state index in [1.165, 1.54) is 37.7 Å². The topological polar surface area (TPSA) is 20.2 Å². The Morgan fingerprint density at radius 2 is 1.86 bits per heavy atom. The monoisotopic (exact) mass is 296 g/mol. The van der Waals surface area contributed by atoms with Crippen molar-refractivity contribution in [2.24, 2.45) is 28.6 Å². The summed E-state index contributed by atoms with van der Waals surface area (Å²) >= 11 is 0. The van der Waals surface area contributed by atoms with Gasteiger partial charge in [0.2, 0.25) is 0 Å². The minimum absolute atomic E-state index is 0.106. The summed E-state index contributed by atoms with van der Waals surface area (Å²) < 4.78 is 0. The van der Waals surface area contributed by atoms with Gasteiger partial charge in [0, 0.05) is 11.0 Å². The van der Waals surface area contributed by atoms with Gasteiger partial charge in [-0.1, -0.05) is 37.5 Å². The second kappa shape index (κ2) is 4.75. The van der Waals surface area contributed by atoms with Crippen molar-refractivity contribution in [1.29, 1.82) is 0 Å². The molecule has 4 rings (SSSR count). The summed E-state index contributed by atoms with van der Waals surface area (Å²) in [5, 5.41) is 10.0. The molecule has 0 aromatic heterocycles. The predicted molar refractivity (Wildman–Crippen MR) is 90.0 cm³/mol. The van der Waals surface area contributed by atoms with Crippen molar-refractivity contribution in [2.75, 3.05) is 0 Å². The van der Waals surface area contributed by atoms with E-state index in [4.69, 9.17) is 6.42 Å². The molecule has 0 aromatic carbocycles. The molecule has 118 valence electrons. The van der Waals surface area contributed by atoms with Gasteiger partial charge in [-0.2, -0.15) is 0 Å². The van der Waals surface area contributed by atoms with Crippen LogP contribution in [0.2, 0.25) is 0 Å². The largest absolute Gasteiger partial charge is 0.393 e. The van der Waals surface area contributed by atoms with E-state index < -0.39 is 0 Å². The summed E-state index contributed by atoms with van der Waals surface area (Å²) in [5.74, 6) is 5.30. The Bertz CT molecular complexity index is 592. The summed E-state index contributed by atoms with van der Waals surface area (Å²) in [6.07, 6.45) is 18.5. The molecule has 0 radical (unpaired) electrons. The van der Waals surface area contributed by atoms with E-state index in [2.05, 4.69) is 31.9 Å². The molecule has 0 spiro atoms. The third-order valence-electron chi connectivity index (χ3n) is 7.81. The van der Waals surface area contributed by atoms with E-state index in [9.17, 15) is 5.11 Å². The van der Waals surface area contributed by atoms with Crippen molar-refractivity contribution >= 4 is 0 Å². The first kappa shape index (κ1) is 14.6. The third-order valence-corrected chi connectivity index (χ3v) is 7.81. The number of allylic oxidation sites excluding steroid dienone is 3. The molecule has 22 heavy (non-hydrogen) atoms. The molecule has 1 heteroatoms. The molecule has 4 aliphatic carbocycles. The molecule has 0 amide bonds. The van der Waals surface area contributed by atoms with Gasteiger partial charge in [0.1, 0.15) is 0 Å². The Labute approximate surface area is 134 Å². The molecule has 0 aliphatic heterocycles. The fourth-order valence-corrected chi connectivity index (χ4v) is 6.43. The van der Waals surface area contributed by atoms with Gasteiger partial charge < -0.3 is 5.11 Å². The molecule has 0 aromatic rings. The van der Waals surface area contributed by atoms with Crippen LogP contribution in [-0.2, 0) is 0 Å². The lowest BCUT2D eigenvalue weighted by atomic mass is 9.47. The molecule has 0 bridgehead atoms. The molecule has 6 atom stereocenters. The van der Waals surface area contributed by atoms with Crippen molar-refractivity contribution in [3.8, 4) is 12.3 Å². The van der Waals surface area contributed by atoms with Crippen LogP contribution < -0.4 is 0 Å². The minimum atomic E-state index is -0.106. The summed E-state index contributed by atoms with van der Waals surface area (Å²) in [6, 6.07) is 0. The van der Waals surface area contributed by atoms with Crippen LogP contribution in [0.4, 0.5) is 0 Å². The van der Waals surface area contributed by atoms with E-state index in [0.29, 0.717) is 5.41 Å². The first-order valence-electron chi connectivity index (χ1n) is 9.04. The maximum absolute atomic E-state index is 10.0. The molecule has 2 fully saturated rings. The van der Waals surface area contributed by atoms with Crippen LogP contribution in [0.3, 0.4) is 0 Å². The Kier molecular flexibility index (Phi) is 3.15. The number of aliphatic hydroxyl groups is 1. The van der Waals surface area contributed by atoms with E-state index in [1.54, 1.807) is 5.57 Å². The number of terminal acetylenes is 1. The zero-order valence-corrected chi connectivity index (χ0v) is 13.9. The van der Waals surface area contributed by atoms with E-state index in [1.807, 2.05) is 0 Å². The van der Waals surface area contributed by atoms with Crippen molar-refractivity contribution < 1.29 is 5.11 Å². The van der Waals surface area contributed by atoms with Gasteiger partial charge in [-0.25, -0.2) is 0 Å². The zero-order valence-electron chi connectivity index (χ0n) is 13.9. The predicted octanol–water partition coefficient (Wildman–Crippen LogP) is 4.48. The van der Waals surface area contributed by atoms with Gasteiger partial charge in [-0.15, -0.1) is 6.42 Å². The quantitative estimate of drug-likeness (QED) is 0.516. The normalized spacial score (nSPS) is 50.1. The Morgan fingerprint density at radius 1 is 1.09 bits per heavy atom. The number of aliphatic hydroxyl groups excluding tert-OH is 1. The van der Waals surface area contributed by atoms with Crippen LogP contribution in [0.15, 0.2) is 23.3 Å². The summed E-state index contributed by atoms with van der Waals surface area (Å²) in [7, 11) is 0. The number of hydrogen-bond acceptors (Lipinski definition) is 1. The maximum atomic E-state index is 10.0. The molecular formula is C21H28O. The fourth-order valence-electron chi connectivity index (χ4n) is 6.43. The fraction of sp³-hybridized carbons (Fsp3) is 0.714. The highest BCUT2D eigenvalue weighted by Crippen LogP contribution is 2.64. The first-order valence-corrected chi connectivity index (χ1v) is 9.04. The molecular weight excluding hydrogens is 268 g/mol. The molecule has 3 unspecified atom stereocenters. The standard InChI is InChI=1S/C21H28O/c1-4-14-6-8-18-17-7-5-15-13-16(22)9-11-21(15,3)19(17)10-12-20(14,18)2/h1,5-6,16-19,22H,7-13H2,2-3H3/t16-,17?,18?,19?,20+,21-/m0/s1. The van der Waals surface area contributed by atoms with Gasteiger partial charge in [0.15, 0.2) is 0 Å². The summed E-state index contributed by atoms with van der Waals surface area (Å²) in [4.78, 5) is 0. The van der Waals surface area contributed by atoms with Crippen LogP contribution in [0.1, 0.15) is 58.8 Å². The lowest BCUT2D eigenvalue weighted by Gasteiger charge is -2.57. The van der Waals surface area contributed by atoms with Gasteiger partial charge in [-0.3, -0.25) is 0 Å². The highest BCUT2D eigenvalue weighted by atomic mass is 16.3.